The van der Waals surface area contributed by atoms with Crippen LogP contribution in [-0.4, -0.2) is 45.2 Å². The van der Waals surface area contributed by atoms with E-state index >= 15 is 0 Å². The lowest BCUT2D eigenvalue weighted by atomic mass is 10.1. The number of phenolic OH excluding ortho intramolecular Hbond substituents is 1. The van der Waals surface area contributed by atoms with Crippen LogP contribution in [0.25, 0.3) is 11.1 Å². The van der Waals surface area contributed by atoms with Crippen LogP contribution in [0.15, 0.2) is 67.1 Å². The number of nitrogens with zero attached hydrogens (tertiary/aromatic N) is 3. The Labute approximate surface area is 156 Å². The van der Waals surface area contributed by atoms with Crippen molar-refractivity contribution in [3.63, 3.8) is 0 Å². The molecule has 136 valence electrons. The summed E-state index contributed by atoms with van der Waals surface area (Å²) in [5.74, 6) is 0.725. The van der Waals surface area contributed by atoms with Crippen molar-refractivity contribution in [3.8, 4) is 22.8 Å². The highest BCUT2D eigenvalue weighted by Gasteiger charge is 2.32. The van der Waals surface area contributed by atoms with Crippen molar-refractivity contribution in [3.05, 3.63) is 67.1 Å². The fraction of sp³-hybridized carbons (Fsp3) is 0.150. The van der Waals surface area contributed by atoms with Crippen molar-refractivity contribution in [2.24, 2.45) is 0 Å². The minimum atomic E-state index is -0.171. The van der Waals surface area contributed by atoms with Gasteiger partial charge in [0.25, 0.3) is 0 Å². The number of carbonyl (C=O) groups excluding carboxylic acids is 1. The predicted octanol–water partition coefficient (Wildman–Crippen LogP) is 3.14. The molecule has 0 radical (unpaired) electrons. The molecule has 2 aromatic heterocycles. The second-order valence-corrected chi connectivity index (χ2v) is 6.25. The first kappa shape index (κ1) is 16.8. The molecule has 2 amide bonds. The van der Waals surface area contributed by atoms with Crippen molar-refractivity contribution in [1.29, 1.82) is 0 Å². The molecular formula is C20H18N4O3. The SMILES string of the molecule is O=C(Nc1cccnc1)N1CC(Oc2ccc(-c3cccc(O)c3)cn2)C1. The van der Waals surface area contributed by atoms with Crippen LogP contribution in [0.4, 0.5) is 10.5 Å². The largest absolute Gasteiger partial charge is 0.508 e. The Morgan fingerprint density at radius 2 is 2.00 bits per heavy atom. The monoisotopic (exact) mass is 362 g/mol. The second-order valence-electron chi connectivity index (χ2n) is 6.25. The van der Waals surface area contributed by atoms with Crippen LogP contribution < -0.4 is 10.1 Å². The van der Waals surface area contributed by atoms with Crippen LogP contribution >= 0.6 is 0 Å². The molecule has 7 nitrogen and oxygen atoms in total. The van der Waals surface area contributed by atoms with Gasteiger partial charge in [0, 0.05) is 24.0 Å². The third kappa shape index (κ3) is 3.98. The van der Waals surface area contributed by atoms with Crippen LogP contribution in [0, 0.1) is 0 Å². The summed E-state index contributed by atoms with van der Waals surface area (Å²) in [6.07, 6.45) is 4.88. The van der Waals surface area contributed by atoms with Crippen molar-refractivity contribution in [1.82, 2.24) is 14.9 Å². The number of nitrogens with one attached hydrogen (secondary N) is 1. The fourth-order valence-electron chi connectivity index (χ4n) is 2.79. The van der Waals surface area contributed by atoms with Crippen LogP contribution in [0.1, 0.15) is 0 Å². The Kier molecular flexibility index (Phi) is 4.57. The minimum Gasteiger partial charge on any atom is -0.508 e. The Bertz CT molecular complexity index is 925. The summed E-state index contributed by atoms with van der Waals surface area (Å²) >= 11 is 0. The van der Waals surface area contributed by atoms with Gasteiger partial charge < -0.3 is 20.1 Å². The molecule has 1 saturated heterocycles. The zero-order valence-electron chi connectivity index (χ0n) is 14.4. The van der Waals surface area contributed by atoms with Gasteiger partial charge in [0.1, 0.15) is 11.9 Å². The van der Waals surface area contributed by atoms with E-state index in [1.807, 2.05) is 12.1 Å². The predicted molar refractivity (Wildman–Crippen MR) is 101 cm³/mol. The topological polar surface area (TPSA) is 87.6 Å². The van der Waals surface area contributed by atoms with Gasteiger partial charge in [-0.25, -0.2) is 9.78 Å². The number of carbonyl (C=O) groups is 1. The maximum atomic E-state index is 12.1. The normalized spacial score (nSPS) is 13.7. The average Bonchev–Trinajstić information content (AvgIpc) is 2.65. The third-order valence-corrected chi connectivity index (χ3v) is 4.25. The lowest BCUT2D eigenvalue weighted by molar-refractivity contribution is 0.0461. The number of pyridine rings is 2. The van der Waals surface area contributed by atoms with Gasteiger partial charge in [-0.05, 0) is 35.9 Å². The molecule has 0 spiro atoms. The van der Waals surface area contributed by atoms with Gasteiger partial charge in [-0.3, -0.25) is 4.98 Å². The van der Waals surface area contributed by atoms with Gasteiger partial charge >= 0.3 is 6.03 Å². The number of anilines is 1. The van der Waals surface area contributed by atoms with E-state index in [2.05, 4.69) is 15.3 Å². The zero-order valence-corrected chi connectivity index (χ0v) is 14.4. The summed E-state index contributed by atoms with van der Waals surface area (Å²) in [6, 6.07) is 14.1. The Morgan fingerprint density at radius 1 is 1.11 bits per heavy atom. The molecule has 0 bridgehead atoms. The van der Waals surface area contributed by atoms with Crippen LogP contribution in [-0.2, 0) is 0 Å². The van der Waals surface area contributed by atoms with E-state index in [1.165, 1.54) is 0 Å². The van der Waals surface area contributed by atoms with Crippen molar-refractivity contribution in [2.75, 3.05) is 18.4 Å². The van der Waals surface area contributed by atoms with Crippen molar-refractivity contribution >= 4 is 11.7 Å². The number of ether oxygens (including phenoxy) is 1. The lowest BCUT2D eigenvalue weighted by Gasteiger charge is -2.38. The third-order valence-electron chi connectivity index (χ3n) is 4.25. The molecule has 0 saturated carbocycles. The molecule has 2 N–H and O–H groups in total. The summed E-state index contributed by atoms with van der Waals surface area (Å²) < 4.78 is 5.80. The minimum absolute atomic E-state index is 0.0798. The van der Waals surface area contributed by atoms with Crippen LogP contribution in [0.5, 0.6) is 11.6 Å². The summed E-state index contributed by atoms with van der Waals surface area (Å²) in [6.45, 7) is 1.00. The summed E-state index contributed by atoms with van der Waals surface area (Å²) in [7, 11) is 0. The average molecular weight is 362 g/mol. The first-order chi connectivity index (χ1) is 13.2. The fourth-order valence-corrected chi connectivity index (χ4v) is 2.79. The highest BCUT2D eigenvalue weighted by molar-refractivity contribution is 5.89. The van der Waals surface area contributed by atoms with E-state index in [0.29, 0.717) is 24.7 Å². The summed E-state index contributed by atoms with van der Waals surface area (Å²) in [5.41, 5.74) is 2.44. The molecule has 0 unspecified atom stereocenters. The molecule has 0 atom stereocenters. The van der Waals surface area contributed by atoms with E-state index < -0.39 is 0 Å². The van der Waals surface area contributed by atoms with E-state index in [0.717, 1.165) is 11.1 Å². The Hall–Kier alpha value is -3.61. The first-order valence-electron chi connectivity index (χ1n) is 8.55. The number of hydrogen-bond donors (Lipinski definition) is 2. The number of likely N-dealkylation sites (tertiary alicyclic amines) is 1. The molecule has 1 aliphatic rings. The number of aromatic nitrogens is 2. The number of rotatable bonds is 4. The lowest BCUT2D eigenvalue weighted by Crippen LogP contribution is -2.57. The molecule has 1 aliphatic heterocycles. The van der Waals surface area contributed by atoms with Gasteiger partial charge in [-0.2, -0.15) is 0 Å². The van der Waals surface area contributed by atoms with Gasteiger partial charge in [-0.15, -0.1) is 0 Å². The molecule has 3 heterocycles. The zero-order chi connectivity index (χ0) is 18.6. The quantitative estimate of drug-likeness (QED) is 0.744. The van der Waals surface area contributed by atoms with Crippen LogP contribution in [0.2, 0.25) is 0 Å². The Morgan fingerprint density at radius 3 is 2.70 bits per heavy atom. The van der Waals surface area contributed by atoms with E-state index in [4.69, 9.17) is 4.74 Å². The molecular weight excluding hydrogens is 344 g/mol. The maximum absolute atomic E-state index is 12.1. The molecule has 3 aromatic rings. The molecule has 4 rings (SSSR count). The van der Waals surface area contributed by atoms with Gasteiger partial charge in [0.05, 0.1) is 25.0 Å². The summed E-state index contributed by atoms with van der Waals surface area (Å²) in [5, 5.41) is 12.4. The highest BCUT2D eigenvalue weighted by atomic mass is 16.5. The number of phenols is 1. The number of benzene rings is 1. The highest BCUT2D eigenvalue weighted by Crippen LogP contribution is 2.24. The van der Waals surface area contributed by atoms with E-state index in [-0.39, 0.29) is 17.9 Å². The molecule has 7 heteroatoms. The van der Waals surface area contributed by atoms with E-state index in [1.54, 1.807) is 59.9 Å². The number of urea groups is 1. The Balaban J connectivity index is 1.29. The standard InChI is InChI=1S/C20H18N4O3/c25-17-5-1-3-14(9-17)15-6-7-19(22-10-15)27-18-12-24(13-18)20(26)23-16-4-2-8-21-11-16/h1-11,18,25H,12-13H2,(H,23,26). The number of hydrogen-bond acceptors (Lipinski definition) is 5. The van der Waals surface area contributed by atoms with Crippen molar-refractivity contribution in [2.45, 2.75) is 6.10 Å². The second kappa shape index (κ2) is 7.33. The molecule has 1 aromatic carbocycles. The molecule has 27 heavy (non-hydrogen) atoms. The van der Waals surface area contributed by atoms with Crippen LogP contribution in [0.3, 0.4) is 0 Å². The van der Waals surface area contributed by atoms with Gasteiger partial charge in [-0.1, -0.05) is 12.1 Å². The van der Waals surface area contributed by atoms with Gasteiger partial charge in [0.15, 0.2) is 0 Å². The first-order valence-corrected chi connectivity index (χ1v) is 8.55. The van der Waals surface area contributed by atoms with E-state index in [9.17, 15) is 9.90 Å². The number of aromatic hydroxyl groups is 1. The smallest absolute Gasteiger partial charge is 0.322 e. The maximum Gasteiger partial charge on any atom is 0.322 e. The van der Waals surface area contributed by atoms with Crippen molar-refractivity contribution < 1.29 is 14.6 Å². The number of amides is 2. The molecule has 0 aliphatic carbocycles. The van der Waals surface area contributed by atoms with Gasteiger partial charge in [0.2, 0.25) is 5.88 Å². The molecule has 1 fully saturated rings. The summed E-state index contributed by atoms with van der Waals surface area (Å²) in [4.78, 5) is 22.1.